The Morgan fingerprint density at radius 1 is 1.15 bits per heavy atom. The van der Waals surface area contributed by atoms with E-state index in [2.05, 4.69) is 14.8 Å². The van der Waals surface area contributed by atoms with Gasteiger partial charge in [0.2, 0.25) is 0 Å². The second kappa shape index (κ2) is 12.1. The van der Waals surface area contributed by atoms with Crippen molar-refractivity contribution < 1.29 is 31.5 Å². The van der Waals surface area contributed by atoms with Crippen LogP contribution in [0.15, 0.2) is 45.6 Å². The van der Waals surface area contributed by atoms with E-state index in [0.717, 1.165) is 12.8 Å². The summed E-state index contributed by atoms with van der Waals surface area (Å²) >= 11 is 0. The van der Waals surface area contributed by atoms with Crippen LogP contribution in [0, 0.1) is 5.82 Å². The number of halogens is 1. The lowest BCUT2D eigenvalue weighted by Gasteiger charge is -2.24. The Kier molecular flexibility index (Phi) is 8.85. The highest BCUT2D eigenvalue weighted by Crippen LogP contribution is 2.28. The zero-order chi connectivity index (χ0) is 28.2. The molecule has 4 rings (SSSR count). The predicted octanol–water partition coefficient (Wildman–Crippen LogP) is 2.73. The molecule has 0 saturated carbocycles. The highest BCUT2D eigenvalue weighted by atomic mass is 32.2. The summed E-state index contributed by atoms with van der Waals surface area (Å²) in [6.45, 7) is 1.55. The van der Waals surface area contributed by atoms with Crippen LogP contribution in [0.25, 0.3) is 11.0 Å². The maximum atomic E-state index is 15.3. The first kappa shape index (κ1) is 28.5. The normalized spacial score (nSPS) is 14.4. The van der Waals surface area contributed by atoms with Gasteiger partial charge >= 0.3 is 11.7 Å². The average molecular weight is 563 g/mol. The molecule has 1 aliphatic heterocycles. The molecule has 0 atom stereocenters. The van der Waals surface area contributed by atoms with Crippen LogP contribution in [0.2, 0.25) is 0 Å². The van der Waals surface area contributed by atoms with Crippen LogP contribution in [-0.2, 0) is 27.9 Å². The molecule has 1 fully saturated rings. The van der Waals surface area contributed by atoms with Crippen molar-refractivity contribution in [3.8, 4) is 5.75 Å². The van der Waals surface area contributed by atoms with Crippen molar-refractivity contribution in [2.24, 2.45) is 0 Å². The van der Waals surface area contributed by atoms with Crippen molar-refractivity contribution >= 4 is 33.0 Å². The Labute approximate surface area is 225 Å². The van der Waals surface area contributed by atoms with Gasteiger partial charge in [-0.2, -0.15) is 8.42 Å². The van der Waals surface area contributed by atoms with Gasteiger partial charge < -0.3 is 24.1 Å². The number of carbonyl (C=O) groups excluding carboxylic acids is 1. The van der Waals surface area contributed by atoms with E-state index in [1.807, 2.05) is 0 Å². The molecule has 1 amide bonds. The molecule has 1 aromatic heterocycles. The number of nitrogens with one attached hydrogen (secondary N) is 3. The summed E-state index contributed by atoms with van der Waals surface area (Å²) in [5.41, 5.74) is 0.241. The summed E-state index contributed by atoms with van der Waals surface area (Å²) in [5.74, 6) is -0.596. The van der Waals surface area contributed by atoms with Gasteiger partial charge in [-0.25, -0.2) is 18.7 Å². The molecule has 3 aromatic rings. The summed E-state index contributed by atoms with van der Waals surface area (Å²) in [5, 5.41) is 4.06. The van der Waals surface area contributed by atoms with E-state index in [1.165, 1.54) is 36.2 Å². The van der Waals surface area contributed by atoms with Crippen molar-refractivity contribution in [2.45, 2.75) is 31.8 Å². The first-order valence-corrected chi connectivity index (χ1v) is 13.8. The quantitative estimate of drug-likeness (QED) is 0.339. The van der Waals surface area contributed by atoms with Crippen molar-refractivity contribution in [1.29, 1.82) is 0 Å². The van der Waals surface area contributed by atoms with Crippen LogP contribution in [-0.4, -0.2) is 59.8 Å². The average Bonchev–Trinajstić information content (AvgIpc) is 2.91. The van der Waals surface area contributed by atoms with Crippen LogP contribution < -0.4 is 25.1 Å². The van der Waals surface area contributed by atoms with Gasteiger partial charge in [-0.1, -0.05) is 12.1 Å². The minimum atomic E-state index is -3.95. The monoisotopic (exact) mass is 562 g/mol. The smallest absolute Gasteiger partial charge is 0.414 e. The highest BCUT2D eigenvalue weighted by molar-refractivity contribution is 7.90. The van der Waals surface area contributed by atoms with Gasteiger partial charge in [0.1, 0.15) is 11.3 Å². The first-order valence-electron chi connectivity index (χ1n) is 12.4. The van der Waals surface area contributed by atoms with Crippen LogP contribution in [0.1, 0.15) is 29.5 Å². The number of hydrogen-bond donors (Lipinski definition) is 3. The number of anilines is 1. The Bertz CT molecular complexity index is 1520. The third-order valence-electron chi connectivity index (χ3n) is 6.41. The van der Waals surface area contributed by atoms with E-state index in [1.54, 1.807) is 26.2 Å². The lowest BCUT2D eigenvalue weighted by atomic mass is 9.97. The predicted molar refractivity (Wildman–Crippen MR) is 144 cm³/mol. The minimum absolute atomic E-state index is 0.113. The third kappa shape index (κ3) is 6.92. The molecule has 0 spiro atoms. The van der Waals surface area contributed by atoms with Gasteiger partial charge in [-0.05, 0) is 42.2 Å². The van der Waals surface area contributed by atoms with E-state index in [-0.39, 0.29) is 40.6 Å². The largest absolute Gasteiger partial charge is 0.422 e. The van der Waals surface area contributed by atoms with Gasteiger partial charge in [0.25, 0.3) is 10.2 Å². The second-order valence-electron chi connectivity index (χ2n) is 9.30. The lowest BCUT2D eigenvalue weighted by Crippen LogP contribution is -2.35. The van der Waals surface area contributed by atoms with E-state index in [4.69, 9.17) is 13.9 Å². The standard InChI is InChI=1S/C26H31FN4O7S/c1-28-39(34,35)30-22-6-4-5-16(24(22)27)13-20-21(15-29-17-9-11-36-12-10-17)19-8-7-18(37-26(33)31(2)3)14-23(19)38-25(20)32/h4-8,14,17,28-30H,9-13,15H2,1-3H3. The fourth-order valence-corrected chi connectivity index (χ4v) is 4.80. The van der Waals surface area contributed by atoms with E-state index in [9.17, 15) is 18.0 Å². The van der Waals surface area contributed by atoms with Gasteiger partial charge in [-0.3, -0.25) is 4.72 Å². The summed E-state index contributed by atoms with van der Waals surface area (Å²) in [6, 6.07) is 9.20. The van der Waals surface area contributed by atoms with E-state index < -0.39 is 27.7 Å². The zero-order valence-corrected chi connectivity index (χ0v) is 22.7. The molecule has 1 aliphatic rings. The molecule has 0 unspecified atom stereocenters. The number of amides is 1. The van der Waals surface area contributed by atoms with E-state index in [0.29, 0.717) is 30.7 Å². The zero-order valence-electron chi connectivity index (χ0n) is 21.9. The van der Waals surface area contributed by atoms with Crippen molar-refractivity contribution in [3.05, 3.63) is 69.3 Å². The number of rotatable bonds is 9. The Morgan fingerprint density at radius 3 is 2.59 bits per heavy atom. The minimum Gasteiger partial charge on any atom is -0.422 e. The summed E-state index contributed by atoms with van der Waals surface area (Å²) in [7, 11) is 0.353. The maximum Gasteiger partial charge on any atom is 0.414 e. The molecule has 39 heavy (non-hydrogen) atoms. The van der Waals surface area contributed by atoms with Crippen LogP contribution in [0.5, 0.6) is 5.75 Å². The summed E-state index contributed by atoms with van der Waals surface area (Å²) in [6.07, 6.45) is 0.893. The number of nitrogens with zero attached hydrogens (tertiary/aromatic N) is 1. The molecule has 11 nitrogen and oxygen atoms in total. The van der Waals surface area contributed by atoms with Crippen molar-refractivity contribution in [1.82, 2.24) is 14.9 Å². The van der Waals surface area contributed by atoms with Gasteiger partial charge in [0.15, 0.2) is 5.82 Å². The fraction of sp³-hybridized carbons (Fsp3) is 0.385. The second-order valence-corrected chi connectivity index (χ2v) is 10.9. The maximum absolute atomic E-state index is 15.3. The lowest BCUT2D eigenvalue weighted by molar-refractivity contribution is 0.0776. The number of fused-ring (bicyclic) bond motifs is 1. The molecular formula is C26H31FN4O7S. The number of benzene rings is 2. The SMILES string of the molecule is CNS(=O)(=O)Nc1cccc(Cc2c(CNC3CCOCC3)c3ccc(OC(=O)N(C)C)cc3oc2=O)c1F. The molecule has 0 bridgehead atoms. The fourth-order valence-electron chi connectivity index (χ4n) is 4.25. The first-order chi connectivity index (χ1) is 18.6. The molecule has 210 valence electrons. The molecular weight excluding hydrogens is 531 g/mol. The van der Waals surface area contributed by atoms with Crippen molar-refractivity contribution in [2.75, 3.05) is 39.1 Å². The van der Waals surface area contributed by atoms with Crippen LogP contribution >= 0.6 is 0 Å². The van der Waals surface area contributed by atoms with Gasteiger partial charge in [0, 0.05) is 70.4 Å². The molecule has 0 radical (unpaired) electrons. The molecule has 13 heteroatoms. The Morgan fingerprint density at radius 2 is 1.90 bits per heavy atom. The molecule has 3 N–H and O–H groups in total. The Balaban J connectivity index is 1.75. The number of hydrogen-bond acceptors (Lipinski definition) is 8. The molecule has 2 aromatic carbocycles. The molecule has 0 aliphatic carbocycles. The van der Waals surface area contributed by atoms with Crippen LogP contribution in [0.3, 0.4) is 0 Å². The number of ether oxygens (including phenoxy) is 2. The summed E-state index contributed by atoms with van der Waals surface area (Å²) in [4.78, 5) is 26.5. The van der Waals surface area contributed by atoms with Crippen molar-refractivity contribution in [3.63, 3.8) is 0 Å². The van der Waals surface area contributed by atoms with Crippen LogP contribution in [0.4, 0.5) is 14.9 Å². The molecule has 2 heterocycles. The summed E-state index contributed by atoms with van der Waals surface area (Å²) < 4.78 is 59.7. The van der Waals surface area contributed by atoms with Gasteiger partial charge in [-0.15, -0.1) is 0 Å². The molecule has 1 saturated heterocycles. The van der Waals surface area contributed by atoms with E-state index >= 15 is 4.39 Å². The van der Waals surface area contributed by atoms with Gasteiger partial charge in [0.05, 0.1) is 5.69 Å². The third-order valence-corrected chi connectivity index (χ3v) is 7.44. The highest BCUT2D eigenvalue weighted by Gasteiger charge is 2.21. The number of carbonyl (C=O) groups is 1. The Hall–Kier alpha value is -3.52. The topological polar surface area (TPSA) is 139 Å².